The van der Waals surface area contributed by atoms with E-state index in [9.17, 15) is 0 Å². The van der Waals surface area contributed by atoms with Crippen LogP contribution in [0.5, 0.6) is 0 Å². The van der Waals surface area contributed by atoms with E-state index in [2.05, 4.69) is 54.0 Å². The summed E-state index contributed by atoms with van der Waals surface area (Å²) in [4.78, 5) is 2.61. The monoisotopic (exact) mass is 276 g/mol. The van der Waals surface area contributed by atoms with Crippen LogP contribution in [0.1, 0.15) is 30.5 Å². The second-order valence-corrected chi connectivity index (χ2v) is 8.15. The van der Waals surface area contributed by atoms with E-state index in [-0.39, 0.29) is 0 Å². The summed E-state index contributed by atoms with van der Waals surface area (Å²) < 4.78 is 0.411. The van der Waals surface area contributed by atoms with E-state index in [1.54, 1.807) is 0 Å². The van der Waals surface area contributed by atoms with Crippen LogP contribution in [0.2, 0.25) is 0 Å². The smallest absolute Gasteiger partial charge is 0.0234 e. The van der Waals surface area contributed by atoms with E-state index in [0.717, 1.165) is 19.6 Å². The van der Waals surface area contributed by atoms with Crippen LogP contribution >= 0.6 is 11.8 Å². The maximum Gasteiger partial charge on any atom is 0.0234 e. The van der Waals surface area contributed by atoms with Crippen molar-refractivity contribution in [1.82, 2.24) is 10.2 Å². The van der Waals surface area contributed by atoms with Crippen molar-refractivity contribution < 1.29 is 0 Å². The molecule has 1 fully saturated rings. The fourth-order valence-electron chi connectivity index (χ4n) is 3.14. The Morgan fingerprint density at radius 3 is 3.05 bits per heavy atom. The lowest BCUT2D eigenvalue weighted by Crippen LogP contribution is -2.42. The van der Waals surface area contributed by atoms with E-state index in [1.807, 2.05) is 0 Å². The molecule has 1 aromatic rings. The molecule has 3 rings (SSSR count). The molecule has 1 N–H and O–H groups in total. The molecule has 0 saturated carbocycles. The first-order valence-corrected chi connectivity index (χ1v) is 8.29. The third kappa shape index (κ3) is 3.33. The minimum absolute atomic E-state index is 0.411. The Morgan fingerprint density at radius 1 is 1.32 bits per heavy atom. The zero-order valence-corrected chi connectivity index (χ0v) is 12.9. The maximum atomic E-state index is 3.47. The van der Waals surface area contributed by atoms with Crippen LogP contribution in [-0.4, -0.2) is 35.0 Å². The van der Waals surface area contributed by atoms with E-state index in [1.165, 1.54) is 42.0 Å². The minimum atomic E-state index is 0.411. The average Bonchev–Trinajstić information content (AvgIpc) is 2.37. The molecule has 2 nitrogen and oxygen atoms in total. The standard InChI is InChI=1S/C16H24N2S/c1-16(2)12-18(7-8-19-16)11-13-3-4-14-5-6-17-10-15(14)9-13/h3-4,9,17H,5-8,10-12H2,1-2H3. The van der Waals surface area contributed by atoms with Crippen molar-refractivity contribution in [2.75, 3.05) is 25.4 Å². The van der Waals surface area contributed by atoms with Crippen LogP contribution in [0.3, 0.4) is 0 Å². The van der Waals surface area contributed by atoms with Crippen molar-refractivity contribution >= 4 is 11.8 Å². The van der Waals surface area contributed by atoms with Gasteiger partial charge in [-0.05, 0) is 43.5 Å². The molecule has 0 amide bonds. The first-order chi connectivity index (χ1) is 9.12. The fraction of sp³-hybridized carbons (Fsp3) is 0.625. The molecule has 1 saturated heterocycles. The van der Waals surface area contributed by atoms with Crippen molar-refractivity contribution in [1.29, 1.82) is 0 Å². The number of nitrogens with one attached hydrogen (secondary N) is 1. The fourth-order valence-corrected chi connectivity index (χ4v) is 4.32. The van der Waals surface area contributed by atoms with Gasteiger partial charge in [0.15, 0.2) is 0 Å². The van der Waals surface area contributed by atoms with Gasteiger partial charge in [0, 0.05) is 36.7 Å². The van der Waals surface area contributed by atoms with Crippen LogP contribution in [0.4, 0.5) is 0 Å². The third-order valence-corrected chi connectivity index (χ3v) is 5.37. The van der Waals surface area contributed by atoms with Gasteiger partial charge in [-0.1, -0.05) is 18.2 Å². The van der Waals surface area contributed by atoms with E-state index in [4.69, 9.17) is 0 Å². The van der Waals surface area contributed by atoms with Crippen molar-refractivity contribution in [3.63, 3.8) is 0 Å². The molecule has 2 aliphatic heterocycles. The Balaban J connectivity index is 1.69. The number of hydrogen-bond acceptors (Lipinski definition) is 3. The van der Waals surface area contributed by atoms with Gasteiger partial charge in [0.1, 0.15) is 0 Å². The molecule has 2 aliphatic rings. The molecule has 0 unspecified atom stereocenters. The van der Waals surface area contributed by atoms with Gasteiger partial charge >= 0.3 is 0 Å². The minimum Gasteiger partial charge on any atom is -0.312 e. The molecule has 19 heavy (non-hydrogen) atoms. The number of fused-ring (bicyclic) bond motifs is 1. The summed E-state index contributed by atoms with van der Waals surface area (Å²) in [5.74, 6) is 1.26. The summed E-state index contributed by atoms with van der Waals surface area (Å²) in [5, 5.41) is 3.47. The van der Waals surface area contributed by atoms with Crippen LogP contribution in [0.25, 0.3) is 0 Å². The van der Waals surface area contributed by atoms with Crippen LogP contribution in [-0.2, 0) is 19.5 Å². The molecule has 1 aromatic carbocycles. The number of rotatable bonds is 2. The molecular weight excluding hydrogens is 252 g/mol. The normalized spacial score (nSPS) is 23.1. The van der Waals surface area contributed by atoms with Crippen molar-refractivity contribution in [2.24, 2.45) is 0 Å². The van der Waals surface area contributed by atoms with Crippen LogP contribution in [0.15, 0.2) is 18.2 Å². The first-order valence-electron chi connectivity index (χ1n) is 7.30. The molecule has 0 bridgehead atoms. The molecule has 0 aromatic heterocycles. The Labute approximate surface area is 121 Å². The zero-order valence-electron chi connectivity index (χ0n) is 12.0. The quantitative estimate of drug-likeness (QED) is 0.894. The van der Waals surface area contributed by atoms with Gasteiger partial charge in [-0.3, -0.25) is 4.90 Å². The Bertz CT molecular complexity index is 456. The highest BCUT2D eigenvalue weighted by atomic mass is 32.2. The lowest BCUT2D eigenvalue weighted by atomic mass is 9.98. The van der Waals surface area contributed by atoms with Gasteiger partial charge < -0.3 is 5.32 Å². The maximum absolute atomic E-state index is 3.47. The lowest BCUT2D eigenvalue weighted by molar-refractivity contribution is 0.252. The average molecular weight is 276 g/mol. The summed E-state index contributed by atoms with van der Waals surface area (Å²) in [6.45, 7) is 10.4. The summed E-state index contributed by atoms with van der Waals surface area (Å²) >= 11 is 2.11. The molecule has 0 atom stereocenters. The summed E-state index contributed by atoms with van der Waals surface area (Å²) in [7, 11) is 0. The van der Waals surface area contributed by atoms with Gasteiger partial charge in [-0.2, -0.15) is 11.8 Å². The predicted octanol–water partition coefficient (Wildman–Crippen LogP) is 2.66. The molecular formula is C16H24N2S. The molecule has 3 heteroatoms. The van der Waals surface area contributed by atoms with Crippen molar-refractivity contribution in [2.45, 2.75) is 38.1 Å². The van der Waals surface area contributed by atoms with E-state index >= 15 is 0 Å². The Hall–Kier alpha value is -0.510. The third-order valence-electron chi connectivity index (χ3n) is 4.07. The van der Waals surface area contributed by atoms with Crippen molar-refractivity contribution in [3.8, 4) is 0 Å². The second-order valence-electron chi connectivity index (χ2n) is 6.35. The number of benzene rings is 1. The number of thioether (sulfide) groups is 1. The SMILES string of the molecule is CC1(C)CN(Cc2ccc3c(c2)CNCC3)CCS1. The highest BCUT2D eigenvalue weighted by Crippen LogP contribution is 2.30. The topological polar surface area (TPSA) is 15.3 Å². The van der Waals surface area contributed by atoms with Gasteiger partial charge in [0.05, 0.1) is 0 Å². The summed E-state index contributed by atoms with van der Waals surface area (Å²) in [5.41, 5.74) is 4.52. The van der Waals surface area contributed by atoms with Crippen LogP contribution in [0, 0.1) is 0 Å². The van der Waals surface area contributed by atoms with Gasteiger partial charge in [0.25, 0.3) is 0 Å². The number of nitrogens with zero attached hydrogens (tertiary/aromatic N) is 1. The largest absolute Gasteiger partial charge is 0.312 e. The van der Waals surface area contributed by atoms with Crippen LogP contribution < -0.4 is 5.32 Å². The van der Waals surface area contributed by atoms with Gasteiger partial charge in [-0.25, -0.2) is 0 Å². The highest BCUT2D eigenvalue weighted by Gasteiger charge is 2.26. The number of hydrogen-bond donors (Lipinski definition) is 1. The molecule has 0 spiro atoms. The van der Waals surface area contributed by atoms with Gasteiger partial charge in [-0.15, -0.1) is 0 Å². The van der Waals surface area contributed by atoms with E-state index < -0.39 is 0 Å². The van der Waals surface area contributed by atoms with E-state index in [0.29, 0.717) is 4.75 Å². The zero-order chi connectivity index (χ0) is 13.3. The highest BCUT2D eigenvalue weighted by molar-refractivity contribution is 8.00. The Morgan fingerprint density at radius 2 is 2.21 bits per heavy atom. The van der Waals surface area contributed by atoms with Gasteiger partial charge in [0.2, 0.25) is 0 Å². The van der Waals surface area contributed by atoms with Crippen molar-refractivity contribution in [3.05, 3.63) is 34.9 Å². The molecule has 104 valence electrons. The molecule has 2 heterocycles. The second kappa shape index (κ2) is 5.47. The first kappa shape index (κ1) is 13.5. The summed E-state index contributed by atoms with van der Waals surface area (Å²) in [6, 6.07) is 7.09. The molecule has 0 radical (unpaired) electrons. The summed E-state index contributed by atoms with van der Waals surface area (Å²) in [6.07, 6.45) is 1.18. The molecule has 0 aliphatic carbocycles. The lowest BCUT2D eigenvalue weighted by Gasteiger charge is -2.37. The predicted molar refractivity (Wildman–Crippen MR) is 83.7 cm³/mol. The Kier molecular flexibility index (Phi) is 3.88.